The number of carbonyl (C=O) groups is 3. The zero-order chi connectivity index (χ0) is 23.2. The smallest absolute Gasteiger partial charge is 0.311 e. The number of allylic oxidation sites excluding steroid dienone is 1. The third-order valence-corrected chi connectivity index (χ3v) is 5.63. The van der Waals surface area contributed by atoms with Crippen molar-refractivity contribution in [2.75, 3.05) is 26.2 Å². The first-order valence-corrected chi connectivity index (χ1v) is 11.2. The van der Waals surface area contributed by atoms with Gasteiger partial charge in [-0.15, -0.1) is 0 Å². The summed E-state index contributed by atoms with van der Waals surface area (Å²) in [6.45, 7) is 7.99. The summed E-state index contributed by atoms with van der Waals surface area (Å²) in [6, 6.07) is 0. The van der Waals surface area contributed by atoms with Crippen molar-refractivity contribution < 1.29 is 34.2 Å². The Balaban J connectivity index is 5.26. The van der Waals surface area contributed by atoms with Gasteiger partial charge in [-0.2, -0.15) is 0 Å². The molecule has 0 bridgehead atoms. The lowest BCUT2D eigenvalue weighted by Gasteiger charge is -2.41. The first kappa shape index (κ1) is 28.1. The lowest BCUT2D eigenvalue weighted by Crippen LogP contribution is -2.57. The first-order valence-electron chi connectivity index (χ1n) is 11.2. The second-order valence-electron chi connectivity index (χ2n) is 8.82. The third-order valence-electron chi connectivity index (χ3n) is 5.63. The molecule has 3 atom stereocenters. The van der Waals surface area contributed by atoms with Crippen LogP contribution in [0.2, 0.25) is 0 Å². The molecule has 0 amide bonds. The van der Waals surface area contributed by atoms with E-state index in [1.807, 2.05) is 6.08 Å². The molecule has 0 aliphatic heterocycles. The average molecular weight is 429 g/mol. The van der Waals surface area contributed by atoms with Crippen LogP contribution in [0.5, 0.6) is 0 Å². The molecule has 0 aliphatic rings. The van der Waals surface area contributed by atoms with Gasteiger partial charge in [0.15, 0.2) is 0 Å². The Hall–Kier alpha value is -1.89. The summed E-state index contributed by atoms with van der Waals surface area (Å²) in [5.74, 6) is -4.96. The zero-order valence-corrected chi connectivity index (χ0v) is 19.2. The summed E-state index contributed by atoms with van der Waals surface area (Å²) < 4.78 is 0.140. The van der Waals surface area contributed by atoms with Gasteiger partial charge in [0.25, 0.3) is 0 Å². The van der Waals surface area contributed by atoms with Crippen LogP contribution in [0, 0.1) is 17.8 Å². The molecular formula is C23H42NO6+. The van der Waals surface area contributed by atoms with Crippen molar-refractivity contribution in [2.24, 2.45) is 17.8 Å². The van der Waals surface area contributed by atoms with Gasteiger partial charge in [0.2, 0.25) is 0 Å². The Labute approximate surface area is 181 Å². The minimum atomic E-state index is -0.959. The molecule has 0 fully saturated rings. The van der Waals surface area contributed by atoms with E-state index in [0.717, 1.165) is 12.8 Å². The lowest BCUT2D eigenvalue weighted by atomic mass is 10.0. The summed E-state index contributed by atoms with van der Waals surface area (Å²) in [5, 5.41) is 28.2. The Kier molecular flexibility index (Phi) is 14.0. The normalized spacial score (nSPS) is 16.7. The van der Waals surface area contributed by atoms with E-state index in [2.05, 4.69) is 13.0 Å². The van der Waals surface area contributed by atoms with Crippen LogP contribution in [0.3, 0.4) is 0 Å². The second kappa shape index (κ2) is 15.0. The number of carboxylic acid groups (broad SMARTS) is 3. The fourth-order valence-corrected chi connectivity index (χ4v) is 3.88. The Morgan fingerprint density at radius 1 is 0.700 bits per heavy atom. The van der Waals surface area contributed by atoms with Crippen molar-refractivity contribution in [1.82, 2.24) is 0 Å². The SMILES string of the molecule is CCCCCCCC/C=C/C[N+](CC(C)C(=O)O)(CC(C)C(=O)O)CC(C)C(=O)O. The summed E-state index contributed by atoms with van der Waals surface area (Å²) in [4.78, 5) is 34.4. The monoisotopic (exact) mass is 428 g/mol. The topological polar surface area (TPSA) is 112 Å². The van der Waals surface area contributed by atoms with Gasteiger partial charge in [0.1, 0.15) is 17.8 Å². The first-order chi connectivity index (χ1) is 14.0. The molecule has 3 N–H and O–H groups in total. The van der Waals surface area contributed by atoms with E-state index in [0.29, 0.717) is 6.54 Å². The molecule has 0 saturated carbocycles. The Morgan fingerprint density at radius 2 is 1.10 bits per heavy atom. The molecule has 0 aromatic heterocycles. The molecule has 7 nitrogen and oxygen atoms in total. The summed E-state index contributed by atoms with van der Waals surface area (Å²) in [5.41, 5.74) is 0. The molecule has 0 aromatic carbocycles. The summed E-state index contributed by atoms with van der Waals surface area (Å²) in [6.07, 6.45) is 12.2. The van der Waals surface area contributed by atoms with Crippen molar-refractivity contribution in [1.29, 1.82) is 0 Å². The van der Waals surface area contributed by atoms with Crippen LogP contribution in [0.25, 0.3) is 0 Å². The number of unbranched alkanes of at least 4 members (excludes halogenated alkanes) is 6. The van der Waals surface area contributed by atoms with Gasteiger partial charge in [-0.1, -0.05) is 45.1 Å². The van der Waals surface area contributed by atoms with Crippen LogP contribution in [0.4, 0.5) is 0 Å². The maximum Gasteiger partial charge on any atom is 0.311 e. The molecule has 0 spiro atoms. The molecule has 0 radical (unpaired) electrons. The average Bonchev–Trinajstić information content (AvgIpc) is 2.66. The highest BCUT2D eigenvalue weighted by Crippen LogP contribution is 2.20. The van der Waals surface area contributed by atoms with E-state index in [-0.39, 0.29) is 24.1 Å². The van der Waals surface area contributed by atoms with Crippen molar-refractivity contribution >= 4 is 17.9 Å². The molecule has 0 aliphatic carbocycles. The van der Waals surface area contributed by atoms with Crippen molar-refractivity contribution in [3.8, 4) is 0 Å². The minimum Gasteiger partial charge on any atom is -0.481 e. The van der Waals surface area contributed by atoms with Gasteiger partial charge in [-0.05, 0) is 39.7 Å². The highest BCUT2D eigenvalue weighted by atomic mass is 16.4. The zero-order valence-electron chi connectivity index (χ0n) is 19.2. The number of nitrogens with zero attached hydrogens (tertiary/aromatic N) is 1. The molecular weight excluding hydrogens is 386 g/mol. The van der Waals surface area contributed by atoms with Gasteiger partial charge in [-0.25, -0.2) is 0 Å². The van der Waals surface area contributed by atoms with E-state index in [1.165, 1.54) is 32.1 Å². The van der Waals surface area contributed by atoms with Crippen molar-refractivity contribution in [3.63, 3.8) is 0 Å². The fourth-order valence-electron chi connectivity index (χ4n) is 3.88. The number of hydrogen-bond donors (Lipinski definition) is 3. The predicted molar refractivity (Wildman–Crippen MR) is 117 cm³/mol. The van der Waals surface area contributed by atoms with Crippen molar-refractivity contribution in [2.45, 2.75) is 72.6 Å². The van der Waals surface area contributed by atoms with E-state index >= 15 is 0 Å². The molecule has 7 heteroatoms. The van der Waals surface area contributed by atoms with E-state index in [4.69, 9.17) is 0 Å². The number of rotatable bonds is 18. The van der Waals surface area contributed by atoms with Crippen LogP contribution in [-0.4, -0.2) is 63.9 Å². The molecule has 174 valence electrons. The van der Waals surface area contributed by atoms with E-state index in [1.54, 1.807) is 20.8 Å². The van der Waals surface area contributed by atoms with Gasteiger partial charge >= 0.3 is 17.9 Å². The number of aliphatic carboxylic acids is 3. The Bertz CT molecular complexity index is 505. The van der Waals surface area contributed by atoms with Crippen LogP contribution in [0.1, 0.15) is 72.6 Å². The highest BCUT2D eigenvalue weighted by molar-refractivity contribution is 5.70. The predicted octanol–water partition coefficient (Wildman–Crippen LogP) is 4.27. The second-order valence-corrected chi connectivity index (χ2v) is 8.82. The van der Waals surface area contributed by atoms with Gasteiger partial charge in [0, 0.05) is 0 Å². The molecule has 0 aromatic rings. The number of hydrogen-bond acceptors (Lipinski definition) is 3. The highest BCUT2D eigenvalue weighted by Gasteiger charge is 2.37. The van der Waals surface area contributed by atoms with Crippen LogP contribution in [-0.2, 0) is 14.4 Å². The number of quaternary nitrogens is 1. The van der Waals surface area contributed by atoms with E-state index in [9.17, 15) is 29.7 Å². The van der Waals surface area contributed by atoms with Crippen molar-refractivity contribution in [3.05, 3.63) is 12.2 Å². The third kappa shape index (κ3) is 12.0. The van der Waals surface area contributed by atoms with Crippen LogP contribution < -0.4 is 0 Å². The van der Waals surface area contributed by atoms with Gasteiger partial charge in [-0.3, -0.25) is 14.4 Å². The molecule has 0 rings (SSSR count). The molecule has 0 saturated heterocycles. The molecule has 0 heterocycles. The summed E-state index contributed by atoms with van der Waals surface area (Å²) in [7, 11) is 0. The Morgan fingerprint density at radius 3 is 1.50 bits per heavy atom. The van der Waals surface area contributed by atoms with E-state index < -0.39 is 35.7 Å². The van der Waals surface area contributed by atoms with Gasteiger partial charge in [0.05, 0.1) is 26.2 Å². The maximum absolute atomic E-state index is 11.5. The fraction of sp³-hybridized carbons (Fsp3) is 0.783. The quantitative estimate of drug-likeness (QED) is 0.171. The van der Waals surface area contributed by atoms with Crippen LogP contribution in [0.15, 0.2) is 12.2 Å². The lowest BCUT2D eigenvalue weighted by molar-refractivity contribution is -0.928. The maximum atomic E-state index is 11.5. The minimum absolute atomic E-state index is 0.140. The molecule has 30 heavy (non-hydrogen) atoms. The molecule has 3 unspecified atom stereocenters. The summed E-state index contributed by atoms with van der Waals surface area (Å²) >= 11 is 0. The number of carboxylic acids is 3. The van der Waals surface area contributed by atoms with Gasteiger partial charge < -0.3 is 19.8 Å². The van der Waals surface area contributed by atoms with Crippen LogP contribution >= 0.6 is 0 Å². The largest absolute Gasteiger partial charge is 0.481 e. The standard InChI is InChI=1S/C23H41NO6/c1-5-6-7-8-9-10-11-12-13-14-24(15-18(2)21(25)26,16-19(3)22(27)28)17-20(4)23(29)30/h12-13,18-20H,5-11,14-17H2,1-4H3,(H2-,25,26,27,28,29,30)/p+1/b13-12+.